The van der Waals surface area contributed by atoms with Gasteiger partial charge >= 0.3 is 12.1 Å². The van der Waals surface area contributed by atoms with Crippen LogP contribution in [0.2, 0.25) is 0 Å². The fourth-order valence-corrected chi connectivity index (χ4v) is 0.978. The summed E-state index contributed by atoms with van der Waals surface area (Å²) in [5.74, 6) is -3.24. The van der Waals surface area contributed by atoms with Gasteiger partial charge in [0.15, 0.2) is 0 Å². The Hall–Kier alpha value is -1.53. The zero-order chi connectivity index (χ0) is 10.9. The van der Waals surface area contributed by atoms with E-state index in [1.807, 2.05) is 0 Å². The second kappa shape index (κ2) is 3.32. The highest BCUT2D eigenvalue weighted by molar-refractivity contribution is 5.90. The van der Waals surface area contributed by atoms with Gasteiger partial charge < -0.3 is 9.63 Å². The quantitative estimate of drug-likeness (QED) is 0.808. The average Bonchev–Trinajstić information content (AvgIpc) is 2.45. The number of aryl methyl sites for hydroxylation is 1. The van der Waals surface area contributed by atoms with E-state index >= 15 is 0 Å². The molecule has 0 aliphatic carbocycles. The van der Waals surface area contributed by atoms with Crippen LogP contribution in [0.15, 0.2) is 4.52 Å². The van der Waals surface area contributed by atoms with Crippen molar-refractivity contribution < 1.29 is 27.6 Å². The summed E-state index contributed by atoms with van der Waals surface area (Å²) < 4.78 is 40.4. The monoisotopic (exact) mass is 209 g/mol. The molecular formula is C7H6F3NO3. The Morgan fingerprint density at radius 1 is 1.57 bits per heavy atom. The number of alkyl halides is 3. The zero-order valence-corrected chi connectivity index (χ0v) is 7.05. The molecule has 78 valence electrons. The molecule has 0 bridgehead atoms. The largest absolute Gasteiger partial charge is 0.477 e. The SMILES string of the molecule is CCc1noc(C(F)(F)F)c1C(=O)O. The predicted octanol–water partition coefficient (Wildman–Crippen LogP) is 1.95. The van der Waals surface area contributed by atoms with Gasteiger partial charge in [0, 0.05) is 0 Å². The van der Waals surface area contributed by atoms with Crippen molar-refractivity contribution in [1.82, 2.24) is 5.16 Å². The van der Waals surface area contributed by atoms with Crippen LogP contribution < -0.4 is 0 Å². The number of rotatable bonds is 2. The maximum Gasteiger partial charge on any atom is 0.453 e. The van der Waals surface area contributed by atoms with E-state index in [1.54, 1.807) is 0 Å². The summed E-state index contributed by atoms with van der Waals surface area (Å²) in [6.45, 7) is 1.49. The normalized spacial score (nSPS) is 11.7. The highest BCUT2D eigenvalue weighted by atomic mass is 19.4. The number of carbonyl (C=O) groups is 1. The lowest BCUT2D eigenvalue weighted by Crippen LogP contribution is -2.11. The van der Waals surface area contributed by atoms with Gasteiger partial charge in [-0.05, 0) is 6.42 Å². The van der Waals surface area contributed by atoms with Gasteiger partial charge in [-0.1, -0.05) is 12.1 Å². The molecule has 1 heterocycles. The first kappa shape index (κ1) is 10.6. The van der Waals surface area contributed by atoms with Gasteiger partial charge in [-0.3, -0.25) is 0 Å². The molecule has 0 fully saturated rings. The van der Waals surface area contributed by atoms with Gasteiger partial charge in [-0.2, -0.15) is 13.2 Å². The lowest BCUT2D eigenvalue weighted by Gasteiger charge is -2.01. The first-order valence-electron chi connectivity index (χ1n) is 3.67. The predicted molar refractivity (Wildman–Crippen MR) is 37.8 cm³/mol. The smallest absolute Gasteiger partial charge is 0.453 e. The molecule has 0 saturated carbocycles. The van der Waals surface area contributed by atoms with Crippen molar-refractivity contribution in [3.8, 4) is 0 Å². The van der Waals surface area contributed by atoms with E-state index in [2.05, 4.69) is 9.68 Å². The van der Waals surface area contributed by atoms with Crippen LogP contribution in [-0.4, -0.2) is 16.2 Å². The molecule has 0 aromatic carbocycles. The Labute approximate surface area is 76.3 Å². The molecule has 0 radical (unpaired) electrons. The molecule has 0 atom stereocenters. The van der Waals surface area contributed by atoms with Gasteiger partial charge in [-0.15, -0.1) is 0 Å². The molecule has 0 aliphatic rings. The summed E-state index contributed by atoms with van der Waals surface area (Å²) in [4.78, 5) is 10.5. The standard InChI is InChI=1S/C7H6F3NO3/c1-2-3-4(6(12)13)5(14-11-3)7(8,9)10/h2H2,1H3,(H,12,13). The number of hydrogen-bond acceptors (Lipinski definition) is 3. The first-order valence-corrected chi connectivity index (χ1v) is 3.67. The highest BCUT2D eigenvalue weighted by Crippen LogP contribution is 2.33. The van der Waals surface area contributed by atoms with Crippen LogP contribution in [0, 0.1) is 0 Å². The molecule has 1 aromatic heterocycles. The maximum atomic E-state index is 12.2. The Kier molecular flexibility index (Phi) is 2.50. The van der Waals surface area contributed by atoms with Crippen LogP contribution in [0.4, 0.5) is 13.2 Å². The zero-order valence-electron chi connectivity index (χ0n) is 7.05. The van der Waals surface area contributed by atoms with E-state index in [1.165, 1.54) is 6.92 Å². The van der Waals surface area contributed by atoms with E-state index in [-0.39, 0.29) is 12.1 Å². The number of halogens is 3. The fourth-order valence-electron chi connectivity index (χ4n) is 0.978. The number of carboxylic acid groups (broad SMARTS) is 1. The van der Waals surface area contributed by atoms with Crippen LogP contribution in [0.3, 0.4) is 0 Å². The van der Waals surface area contributed by atoms with Gasteiger partial charge in [0.1, 0.15) is 5.56 Å². The molecule has 1 N–H and O–H groups in total. The Bertz CT molecular complexity index is 356. The minimum absolute atomic E-state index is 0.0706. The van der Waals surface area contributed by atoms with Crippen LogP contribution in [-0.2, 0) is 12.6 Å². The lowest BCUT2D eigenvalue weighted by molar-refractivity contribution is -0.156. The summed E-state index contributed by atoms with van der Waals surface area (Å²) >= 11 is 0. The third kappa shape index (κ3) is 1.70. The molecule has 4 nitrogen and oxygen atoms in total. The number of aromatic carboxylic acids is 1. The van der Waals surface area contributed by atoms with Gasteiger partial charge in [0.25, 0.3) is 5.76 Å². The number of hydrogen-bond donors (Lipinski definition) is 1. The third-order valence-corrected chi connectivity index (χ3v) is 1.57. The summed E-state index contributed by atoms with van der Waals surface area (Å²) in [5.41, 5.74) is -1.11. The number of carboxylic acids is 1. The Morgan fingerprint density at radius 3 is 2.50 bits per heavy atom. The van der Waals surface area contributed by atoms with Crippen molar-refractivity contribution in [2.45, 2.75) is 19.5 Å². The average molecular weight is 209 g/mol. The van der Waals surface area contributed by atoms with Crippen molar-refractivity contribution in [1.29, 1.82) is 0 Å². The van der Waals surface area contributed by atoms with Crippen molar-refractivity contribution >= 4 is 5.97 Å². The molecule has 7 heteroatoms. The van der Waals surface area contributed by atoms with Gasteiger partial charge in [-0.25, -0.2) is 4.79 Å². The Morgan fingerprint density at radius 2 is 2.14 bits per heavy atom. The second-order valence-corrected chi connectivity index (χ2v) is 2.49. The summed E-state index contributed by atoms with van der Waals surface area (Å²) in [5, 5.41) is 11.6. The molecule has 0 unspecified atom stereocenters. The molecule has 0 saturated heterocycles. The molecule has 1 aromatic rings. The maximum absolute atomic E-state index is 12.2. The summed E-state index contributed by atoms with van der Waals surface area (Å²) in [7, 11) is 0. The molecule has 1 rings (SSSR count). The van der Waals surface area contributed by atoms with Crippen LogP contribution in [0.5, 0.6) is 0 Å². The minimum atomic E-state index is -4.83. The van der Waals surface area contributed by atoms with E-state index in [9.17, 15) is 18.0 Å². The van der Waals surface area contributed by atoms with E-state index in [0.717, 1.165) is 0 Å². The number of aromatic nitrogens is 1. The summed E-state index contributed by atoms with van der Waals surface area (Å²) in [6, 6.07) is 0. The van der Waals surface area contributed by atoms with Crippen molar-refractivity contribution in [2.75, 3.05) is 0 Å². The highest BCUT2D eigenvalue weighted by Gasteiger charge is 2.42. The summed E-state index contributed by atoms with van der Waals surface area (Å²) in [6.07, 6.45) is -4.75. The van der Waals surface area contributed by atoms with Crippen molar-refractivity contribution in [3.63, 3.8) is 0 Å². The molecule has 0 spiro atoms. The first-order chi connectivity index (χ1) is 6.38. The third-order valence-electron chi connectivity index (χ3n) is 1.57. The van der Waals surface area contributed by atoms with Gasteiger partial charge in [0.05, 0.1) is 5.69 Å². The van der Waals surface area contributed by atoms with Crippen molar-refractivity contribution in [2.24, 2.45) is 0 Å². The molecule has 0 amide bonds. The fraction of sp³-hybridized carbons (Fsp3) is 0.429. The van der Waals surface area contributed by atoms with E-state index in [4.69, 9.17) is 5.11 Å². The van der Waals surface area contributed by atoms with E-state index in [0.29, 0.717) is 0 Å². The van der Waals surface area contributed by atoms with Crippen LogP contribution >= 0.6 is 0 Å². The van der Waals surface area contributed by atoms with Gasteiger partial charge in [0.2, 0.25) is 0 Å². The molecular weight excluding hydrogens is 203 g/mol. The topological polar surface area (TPSA) is 63.3 Å². The second-order valence-electron chi connectivity index (χ2n) is 2.49. The van der Waals surface area contributed by atoms with Crippen molar-refractivity contribution in [3.05, 3.63) is 17.0 Å². The minimum Gasteiger partial charge on any atom is -0.477 e. The van der Waals surface area contributed by atoms with E-state index < -0.39 is 23.5 Å². The van der Waals surface area contributed by atoms with Crippen LogP contribution in [0.25, 0.3) is 0 Å². The molecule has 0 aliphatic heterocycles. The molecule has 14 heavy (non-hydrogen) atoms. The number of nitrogens with zero attached hydrogens (tertiary/aromatic N) is 1. The lowest BCUT2D eigenvalue weighted by atomic mass is 10.1. The Balaban J connectivity index is 3.32. The van der Waals surface area contributed by atoms with Crippen LogP contribution in [0.1, 0.15) is 28.7 Å².